The molecule has 0 bridgehead atoms. The van der Waals surface area contributed by atoms with E-state index in [0.29, 0.717) is 6.42 Å². The van der Waals surface area contributed by atoms with Crippen LogP contribution in [0.15, 0.2) is 0 Å². The van der Waals surface area contributed by atoms with Gasteiger partial charge in [0.25, 0.3) is 0 Å². The minimum Gasteiger partial charge on any atom is -0.460 e. The lowest BCUT2D eigenvalue weighted by Gasteiger charge is -2.23. The van der Waals surface area contributed by atoms with Crippen molar-refractivity contribution in [3.05, 3.63) is 0 Å². The van der Waals surface area contributed by atoms with E-state index in [4.69, 9.17) is 4.74 Å². The minimum atomic E-state index is -0.297. The molecule has 2 nitrogen and oxygen atoms in total. The molecule has 0 aromatic rings. The van der Waals surface area contributed by atoms with E-state index in [2.05, 4.69) is 13.8 Å². The predicted octanol–water partition coefficient (Wildman–Crippen LogP) is 4.32. The Hall–Kier alpha value is -0.530. The van der Waals surface area contributed by atoms with Gasteiger partial charge in [-0.25, -0.2) is 0 Å². The highest BCUT2D eigenvalue weighted by molar-refractivity contribution is 5.69. The van der Waals surface area contributed by atoms with Crippen molar-refractivity contribution in [2.24, 2.45) is 5.92 Å². The smallest absolute Gasteiger partial charge is 0.306 e. The average molecular weight is 228 g/mol. The molecule has 0 spiro atoms. The Bertz CT molecular complexity index is 195. The van der Waals surface area contributed by atoms with Crippen molar-refractivity contribution in [3.63, 3.8) is 0 Å². The van der Waals surface area contributed by atoms with Gasteiger partial charge in [-0.2, -0.15) is 0 Å². The SMILES string of the molecule is CCC(C)(C)OC(=O)CCCCCC(C)C. The zero-order chi connectivity index (χ0) is 12.6. The number of ether oxygens (including phenoxy) is 1. The van der Waals surface area contributed by atoms with Gasteiger partial charge in [-0.3, -0.25) is 4.79 Å². The molecule has 0 atom stereocenters. The molecule has 0 rings (SSSR count). The molecule has 0 radical (unpaired) electrons. The first-order valence-electron chi connectivity index (χ1n) is 6.59. The summed E-state index contributed by atoms with van der Waals surface area (Å²) < 4.78 is 5.38. The summed E-state index contributed by atoms with van der Waals surface area (Å²) in [7, 11) is 0. The molecule has 0 amide bonds. The molecular weight excluding hydrogens is 200 g/mol. The van der Waals surface area contributed by atoms with Crippen molar-refractivity contribution in [2.75, 3.05) is 0 Å². The second kappa shape index (κ2) is 7.70. The molecule has 0 aromatic carbocycles. The molecule has 0 aliphatic heterocycles. The van der Waals surface area contributed by atoms with Crippen LogP contribution in [0.4, 0.5) is 0 Å². The molecule has 0 heterocycles. The van der Waals surface area contributed by atoms with E-state index >= 15 is 0 Å². The van der Waals surface area contributed by atoms with Gasteiger partial charge in [-0.1, -0.05) is 40.0 Å². The highest BCUT2D eigenvalue weighted by Crippen LogP contribution is 2.16. The number of hydrogen-bond donors (Lipinski definition) is 0. The summed E-state index contributed by atoms with van der Waals surface area (Å²) in [5, 5.41) is 0. The number of carbonyl (C=O) groups is 1. The summed E-state index contributed by atoms with van der Waals surface area (Å²) in [6, 6.07) is 0. The lowest BCUT2D eigenvalue weighted by Crippen LogP contribution is -2.26. The summed E-state index contributed by atoms with van der Waals surface area (Å²) >= 11 is 0. The fourth-order valence-corrected chi connectivity index (χ4v) is 1.43. The molecule has 0 saturated heterocycles. The van der Waals surface area contributed by atoms with E-state index in [1.54, 1.807) is 0 Å². The molecule has 0 aromatic heterocycles. The van der Waals surface area contributed by atoms with Crippen molar-refractivity contribution in [2.45, 2.75) is 78.7 Å². The first-order chi connectivity index (χ1) is 7.37. The third kappa shape index (κ3) is 8.75. The van der Waals surface area contributed by atoms with Gasteiger partial charge in [0, 0.05) is 6.42 Å². The number of esters is 1. The quantitative estimate of drug-likeness (QED) is 0.456. The zero-order valence-corrected chi connectivity index (χ0v) is 11.6. The van der Waals surface area contributed by atoms with Crippen LogP contribution in [0.2, 0.25) is 0 Å². The Morgan fingerprint density at radius 3 is 2.31 bits per heavy atom. The van der Waals surface area contributed by atoms with Gasteiger partial charge in [0.05, 0.1) is 0 Å². The number of carbonyl (C=O) groups excluding carboxylic acids is 1. The molecule has 0 saturated carbocycles. The summed E-state index contributed by atoms with van der Waals surface area (Å²) in [5.74, 6) is 0.724. The van der Waals surface area contributed by atoms with Crippen molar-refractivity contribution < 1.29 is 9.53 Å². The monoisotopic (exact) mass is 228 g/mol. The fourth-order valence-electron chi connectivity index (χ4n) is 1.43. The standard InChI is InChI=1S/C14H28O2/c1-6-14(4,5)16-13(15)11-9-7-8-10-12(2)3/h12H,6-11H2,1-5H3. The Morgan fingerprint density at radius 2 is 1.81 bits per heavy atom. The van der Waals surface area contributed by atoms with E-state index < -0.39 is 0 Å². The number of unbranched alkanes of at least 4 members (excludes halogenated alkanes) is 2. The highest BCUT2D eigenvalue weighted by atomic mass is 16.6. The Kier molecular flexibility index (Phi) is 7.44. The summed E-state index contributed by atoms with van der Waals surface area (Å²) in [6.45, 7) is 10.4. The van der Waals surface area contributed by atoms with Crippen LogP contribution < -0.4 is 0 Å². The van der Waals surface area contributed by atoms with E-state index in [1.165, 1.54) is 12.8 Å². The predicted molar refractivity (Wildman–Crippen MR) is 68.4 cm³/mol. The van der Waals surface area contributed by atoms with E-state index in [9.17, 15) is 4.79 Å². The van der Waals surface area contributed by atoms with E-state index in [-0.39, 0.29) is 11.6 Å². The maximum Gasteiger partial charge on any atom is 0.306 e. The lowest BCUT2D eigenvalue weighted by atomic mass is 10.0. The Labute approximate surface area is 101 Å². The maximum atomic E-state index is 11.5. The first kappa shape index (κ1) is 15.5. The van der Waals surface area contributed by atoms with Gasteiger partial charge < -0.3 is 4.74 Å². The van der Waals surface area contributed by atoms with Crippen LogP contribution in [-0.4, -0.2) is 11.6 Å². The Morgan fingerprint density at radius 1 is 1.19 bits per heavy atom. The van der Waals surface area contributed by atoms with Crippen molar-refractivity contribution >= 4 is 5.97 Å². The van der Waals surface area contributed by atoms with Crippen LogP contribution in [0.25, 0.3) is 0 Å². The number of hydrogen-bond acceptors (Lipinski definition) is 2. The summed E-state index contributed by atoms with van der Waals surface area (Å²) in [5.41, 5.74) is -0.297. The van der Waals surface area contributed by atoms with Gasteiger partial charge in [0.2, 0.25) is 0 Å². The van der Waals surface area contributed by atoms with Crippen LogP contribution in [0.1, 0.15) is 73.1 Å². The van der Waals surface area contributed by atoms with Crippen LogP contribution >= 0.6 is 0 Å². The Balaban J connectivity index is 3.52. The first-order valence-corrected chi connectivity index (χ1v) is 6.59. The van der Waals surface area contributed by atoms with Gasteiger partial charge in [0.15, 0.2) is 0 Å². The molecule has 16 heavy (non-hydrogen) atoms. The van der Waals surface area contributed by atoms with Crippen molar-refractivity contribution in [1.29, 1.82) is 0 Å². The van der Waals surface area contributed by atoms with Crippen LogP contribution in [0.5, 0.6) is 0 Å². The van der Waals surface area contributed by atoms with E-state index in [1.807, 2.05) is 20.8 Å². The largest absolute Gasteiger partial charge is 0.460 e. The summed E-state index contributed by atoms with van der Waals surface area (Å²) in [4.78, 5) is 11.5. The molecule has 0 aliphatic rings. The van der Waals surface area contributed by atoms with Crippen LogP contribution in [-0.2, 0) is 9.53 Å². The molecular formula is C14H28O2. The molecule has 0 fully saturated rings. The topological polar surface area (TPSA) is 26.3 Å². The molecule has 0 unspecified atom stereocenters. The van der Waals surface area contributed by atoms with Crippen LogP contribution in [0, 0.1) is 5.92 Å². The number of rotatable bonds is 8. The second-order valence-corrected chi connectivity index (χ2v) is 5.58. The second-order valence-electron chi connectivity index (χ2n) is 5.58. The van der Waals surface area contributed by atoms with Gasteiger partial charge in [0.1, 0.15) is 5.60 Å². The van der Waals surface area contributed by atoms with Crippen molar-refractivity contribution in [3.8, 4) is 0 Å². The molecule has 96 valence electrons. The molecule has 0 aliphatic carbocycles. The molecule has 0 N–H and O–H groups in total. The van der Waals surface area contributed by atoms with Gasteiger partial charge in [-0.05, 0) is 32.6 Å². The summed E-state index contributed by atoms with van der Waals surface area (Å²) in [6.07, 6.45) is 6.02. The van der Waals surface area contributed by atoms with Crippen LogP contribution in [0.3, 0.4) is 0 Å². The van der Waals surface area contributed by atoms with Gasteiger partial charge >= 0.3 is 5.97 Å². The maximum absolute atomic E-state index is 11.5. The average Bonchev–Trinajstić information content (AvgIpc) is 2.16. The molecule has 2 heteroatoms. The van der Waals surface area contributed by atoms with Crippen molar-refractivity contribution in [1.82, 2.24) is 0 Å². The fraction of sp³-hybridized carbons (Fsp3) is 0.929. The third-order valence-corrected chi connectivity index (χ3v) is 2.90. The highest BCUT2D eigenvalue weighted by Gasteiger charge is 2.19. The lowest BCUT2D eigenvalue weighted by molar-refractivity contribution is -0.156. The minimum absolute atomic E-state index is 0.0450. The normalized spacial score (nSPS) is 11.9. The third-order valence-electron chi connectivity index (χ3n) is 2.90. The van der Waals surface area contributed by atoms with Gasteiger partial charge in [-0.15, -0.1) is 0 Å². The zero-order valence-electron chi connectivity index (χ0n) is 11.6. The van der Waals surface area contributed by atoms with E-state index in [0.717, 1.165) is 25.2 Å².